The highest BCUT2D eigenvalue weighted by atomic mass is 19.1. The maximum atomic E-state index is 13.6. The Bertz CT molecular complexity index is 969. The first kappa shape index (κ1) is 17.2. The van der Waals surface area contributed by atoms with E-state index in [1.807, 2.05) is 6.92 Å². The molecule has 0 fully saturated rings. The van der Waals surface area contributed by atoms with Crippen molar-refractivity contribution in [1.82, 2.24) is 14.5 Å². The standard InChI is InChI=1S/C17H14FN5O3/c1-11-19-7-8-22(11)15-6-5-13(10-20-15)21-16(24)9-12-3-2-4-14(18)17(12)23(25)26/h2-8,10H,9H2,1H3,(H,21,24). The maximum Gasteiger partial charge on any atom is 0.308 e. The molecule has 9 heteroatoms. The third-order valence-electron chi connectivity index (χ3n) is 3.71. The number of carbonyl (C=O) groups is 1. The second kappa shape index (κ2) is 7.09. The van der Waals surface area contributed by atoms with Gasteiger partial charge in [0.2, 0.25) is 11.7 Å². The highest BCUT2D eigenvalue weighted by molar-refractivity contribution is 5.92. The van der Waals surface area contributed by atoms with Gasteiger partial charge >= 0.3 is 5.69 Å². The first-order valence-electron chi connectivity index (χ1n) is 7.63. The number of anilines is 1. The number of aromatic nitrogens is 3. The molecule has 1 amide bonds. The van der Waals surface area contributed by atoms with Crippen molar-refractivity contribution in [3.8, 4) is 5.82 Å². The molecule has 0 saturated heterocycles. The molecule has 26 heavy (non-hydrogen) atoms. The van der Waals surface area contributed by atoms with Crippen LogP contribution in [0.3, 0.4) is 0 Å². The molecule has 2 heterocycles. The van der Waals surface area contributed by atoms with Crippen molar-refractivity contribution >= 4 is 17.3 Å². The van der Waals surface area contributed by atoms with Crippen LogP contribution in [0.15, 0.2) is 48.9 Å². The Morgan fingerprint density at radius 3 is 2.73 bits per heavy atom. The zero-order valence-electron chi connectivity index (χ0n) is 13.7. The molecule has 1 aromatic carbocycles. The first-order chi connectivity index (χ1) is 12.5. The molecule has 0 aliphatic carbocycles. The van der Waals surface area contributed by atoms with E-state index in [0.29, 0.717) is 11.5 Å². The van der Waals surface area contributed by atoms with Crippen molar-refractivity contribution in [3.63, 3.8) is 0 Å². The number of benzene rings is 1. The van der Waals surface area contributed by atoms with Gasteiger partial charge in [-0.3, -0.25) is 19.5 Å². The number of nitro benzene ring substituents is 1. The minimum absolute atomic E-state index is 0.00567. The summed E-state index contributed by atoms with van der Waals surface area (Å²) >= 11 is 0. The SMILES string of the molecule is Cc1nccn1-c1ccc(NC(=O)Cc2cccc(F)c2[N+](=O)[O-])cn1. The monoisotopic (exact) mass is 355 g/mol. The Morgan fingerprint density at radius 2 is 2.12 bits per heavy atom. The van der Waals surface area contributed by atoms with E-state index in [2.05, 4.69) is 15.3 Å². The minimum Gasteiger partial charge on any atom is -0.324 e. The summed E-state index contributed by atoms with van der Waals surface area (Å²) in [5.41, 5.74) is -0.256. The fourth-order valence-electron chi connectivity index (χ4n) is 2.51. The Hall–Kier alpha value is -3.62. The molecule has 0 aliphatic heterocycles. The van der Waals surface area contributed by atoms with E-state index in [0.717, 1.165) is 11.9 Å². The molecule has 0 spiro atoms. The Morgan fingerprint density at radius 1 is 1.31 bits per heavy atom. The number of nitrogens with zero attached hydrogens (tertiary/aromatic N) is 4. The summed E-state index contributed by atoms with van der Waals surface area (Å²) < 4.78 is 15.4. The van der Waals surface area contributed by atoms with E-state index in [4.69, 9.17) is 0 Å². The Balaban J connectivity index is 1.72. The number of rotatable bonds is 5. The van der Waals surface area contributed by atoms with E-state index in [9.17, 15) is 19.3 Å². The van der Waals surface area contributed by atoms with Crippen LogP contribution in [0.4, 0.5) is 15.8 Å². The van der Waals surface area contributed by atoms with Gasteiger partial charge in [0.1, 0.15) is 11.6 Å². The first-order valence-corrected chi connectivity index (χ1v) is 7.63. The van der Waals surface area contributed by atoms with Gasteiger partial charge in [0, 0.05) is 18.0 Å². The normalized spacial score (nSPS) is 10.5. The van der Waals surface area contributed by atoms with E-state index >= 15 is 0 Å². The van der Waals surface area contributed by atoms with E-state index in [-0.39, 0.29) is 12.0 Å². The predicted octanol–water partition coefficient (Wildman–Crippen LogP) is 2.80. The zero-order valence-corrected chi connectivity index (χ0v) is 13.7. The third kappa shape index (κ3) is 3.56. The molecule has 0 unspecified atom stereocenters. The van der Waals surface area contributed by atoms with Crippen LogP contribution in [0.5, 0.6) is 0 Å². The molecule has 0 bridgehead atoms. The van der Waals surface area contributed by atoms with Gasteiger partial charge < -0.3 is 5.32 Å². The molecule has 3 rings (SSSR count). The molecule has 0 atom stereocenters. The van der Waals surface area contributed by atoms with Crippen molar-refractivity contribution in [1.29, 1.82) is 0 Å². The lowest BCUT2D eigenvalue weighted by Gasteiger charge is -2.08. The van der Waals surface area contributed by atoms with Crippen LogP contribution in [0.2, 0.25) is 0 Å². The fourth-order valence-corrected chi connectivity index (χ4v) is 2.51. The molecule has 8 nitrogen and oxygen atoms in total. The predicted molar refractivity (Wildman–Crippen MR) is 91.5 cm³/mol. The fraction of sp³-hybridized carbons (Fsp3) is 0.118. The zero-order chi connectivity index (χ0) is 18.7. The lowest BCUT2D eigenvalue weighted by molar-refractivity contribution is -0.388. The molecular formula is C17H14FN5O3. The maximum absolute atomic E-state index is 13.6. The summed E-state index contributed by atoms with van der Waals surface area (Å²) in [6.07, 6.45) is 4.56. The summed E-state index contributed by atoms with van der Waals surface area (Å²) in [6, 6.07) is 7.02. The largest absolute Gasteiger partial charge is 0.324 e. The van der Waals surface area contributed by atoms with Crippen LogP contribution in [0.1, 0.15) is 11.4 Å². The minimum atomic E-state index is -0.970. The molecule has 2 aromatic heterocycles. The number of halogens is 1. The lowest BCUT2D eigenvalue weighted by atomic mass is 10.1. The number of hydrogen-bond donors (Lipinski definition) is 1. The van der Waals surface area contributed by atoms with Gasteiger partial charge in [-0.15, -0.1) is 0 Å². The second-order valence-corrected chi connectivity index (χ2v) is 5.48. The van der Waals surface area contributed by atoms with Crippen LogP contribution < -0.4 is 5.32 Å². The van der Waals surface area contributed by atoms with Crippen LogP contribution in [-0.2, 0) is 11.2 Å². The summed E-state index contributed by atoms with van der Waals surface area (Å²) in [5.74, 6) is -0.0689. The summed E-state index contributed by atoms with van der Waals surface area (Å²) in [6.45, 7) is 1.84. The highest BCUT2D eigenvalue weighted by Crippen LogP contribution is 2.23. The van der Waals surface area contributed by atoms with Crippen molar-refractivity contribution < 1.29 is 14.1 Å². The lowest BCUT2D eigenvalue weighted by Crippen LogP contribution is -2.16. The molecule has 1 N–H and O–H groups in total. The molecule has 0 radical (unpaired) electrons. The number of carbonyl (C=O) groups excluding carboxylic acids is 1. The second-order valence-electron chi connectivity index (χ2n) is 5.48. The van der Waals surface area contributed by atoms with Crippen molar-refractivity contribution in [2.45, 2.75) is 13.3 Å². The van der Waals surface area contributed by atoms with Crippen molar-refractivity contribution in [2.24, 2.45) is 0 Å². The van der Waals surface area contributed by atoms with Gasteiger partial charge in [-0.05, 0) is 25.1 Å². The molecule has 0 aliphatic rings. The topological polar surface area (TPSA) is 103 Å². The number of hydrogen-bond acceptors (Lipinski definition) is 5. The van der Waals surface area contributed by atoms with E-state index in [1.54, 1.807) is 29.1 Å². The molecule has 0 saturated carbocycles. The van der Waals surface area contributed by atoms with Gasteiger partial charge in [0.25, 0.3) is 0 Å². The van der Waals surface area contributed by atoms with Crippen LogP contribution in [0, 0.1) is 22.9 Å². The van der Waals surface area contributed by atoms with Gasteiger partial charge in [-0.2, -0.15) is 4.39 Å². The number of aryl methyl sites for hydroxylation is 1. The van der Waals surface area contributed by atoms with E-state index < -0.39 is 22.3 Å². The number of amides is 1. The highest BCUT2D eigenvalue weighted by Gasteiger charge is 2.21. The van der Waals surface area contributed by atoms with E-state index in [1.165, 1.54) is 18.3 Å². The van der Waals surface area contributed by atoms with Gasteiger partial charge in [-0.25, -0.2) is 9.97 Å². The molecule has 3 aromatic rings. The number of pyridine rings is 1. The average molecular weight is 355 g/mol. The van der Waals surface area contributed by atoms with Crippen molar-refractivity contribution in [3.05, 3.63) is 76.2 Å². The number of para-hydroxylation sites is 1. The van der Waals surface area contributed by atoms with Crippen LogP contribution in [0.25, 0.3) is 5.82 Å². The quantitative estimate of drug-likeness (QED) is 0.560. The number of nitrogens with one attached hydrogen (secondary N) is 1. The van der Waals surface area contributed by atoms with Crippen molar-refractivity contribution in [2.75, 3.05) is 5.32 Å². The van der Waals surface area contributed by atoms with Crippen LogP contribution in [-0.4, -0.2) is 25.4 Å². The van der Waals surface area contributed by atoms with Crippen LogP contribution >= 0.6 is 0 Å². The van der Waals surface area contributed by atoms with Gasteiger partial charge in [0.05, 0.1) is 23.2 Å². The van der Waals surface area contributed by atoms with Gasteiger partial charge in [0.15, 0.2) is 0 Å². The average Bonchev–Trinajstić information content (AvgIpc) is 3.01. The third-order valence-corrected chi connectivity index (χ3v) is 3.71. The summed E-state index contributed by atoms with van der Waals surface area (Å²) in [4.78, 5) is 30.6. The Kier molecular flexibility index (Phi) is 4.70. The molecule has 132 valence electrons. The summed E-state index contributed by atoms with van der Waals surface area (Å²) in [7, 11) is 0. The summed E-state index contributed by atoms with van der Waals surface area (Å²) in [5, 5.41) is 13.6. The number of nitro groups is 1. The smallest absolute Gasteiger partial charge is 0.308 e. The number of imidazole rings is 1. The molecular weight excluding hydrogens is 341 g/mol. The Labute approximate surface area is 147 Å². The van der Waals surface area contributed by atoms with Gasteiger partial charge in [-0.1, -0.05) is 12.1 Å².